The number of thioether (sulfide) groups is 1. The van der Waals surface area contributed by atoms with E-state index in [2.05, 4.69) is 17.3 Å². The Morgan fingerprint density at radius 1 is 1.45 bits per heavy atom. The second kappa shape index (κ2) is 7.17. The summed E-state index contributed by atoms with van der Waals surface area (Å²) in [6, 6.07) is 6.72. The molecule has 1 unspecified atom stereocenters. The van der Waals surface area contributed by atoms with Crippen molar-refractivity contribution in [1.29, 1.82) is 0 Å². The molecule has 6 heteroatoms. The van der Waals surface area contributed by atoms with E-state index < -0.39 is 0 Å². The molecule has 1 aromatic heterocycles. The van der Waals surface area contributed by atoms with E-state index >= 15 is 0 Å². The molecule has 0 radical (unpaired) electrons. The molecule has 20 heavy (non-hydrogen) atoms. The Kier molecular flexibility index (Phi) is 5.54. The van der Waals surface area contributed by atoms with Gasteiger partial charge < -0.3 is 0 Å². The number of rotatable bonds is 6. The number of hydrazine groups is 1. The van der Waals surface area contributed by atoms with Crippen LogP contribution in [0.4, 0.5) is 4.39 Å². The van der Waals surface area contributed by atoms with Gasteiger partial charge in [-0.2, -0.15) is 0 Å². The van der Waals surface area contributed by atoms with E-state index in [0.717, 1.165) is 27.8 Å². The van der Waals surface area contributed by atoms with Crippen molar-refractivity contribution < 1.29 is 4.39 Å². The Hall–Kier alpha value is -0.950. The molecule has 0 spiro atoms. The predicted molar refractivity (Wildman–Crippen MR) is 83.5 cm³/mol. The maximum Gasteiger partial charge on any atom is 0.124 e. The largest absolute Gasteiger partial charge is 0.271 e. The number of aromatic nitrogens is 1. The molecule has 3 nitrogen and oxygen atoms in total. The number of thiazole rings is 1. The highest BCUT2D eigenvalue weighted by Crippen LogP contribution is 2.22. The normalized spacial score (nSPS) is 12.6. The summed E-state index contributed by atoms with van der Waals surface area (Å²) in [7, 11) is 0. The summed E-state index contributed by atoms with van der Waals surface area (Å²) in [5.74, 6) is 6.16. The smallest absolute Gasteiger partial charge is 0.124 e. The zero-order valence-electron chi connectivity index (χ0n) is 11.5. The lowest BCUT2D eigenvalue weighted by Gasteiger charge is -2.13. The molecule has 2 aromatic rings. The first-order valence-electron chi connectivity index (χ1n) is 6.36. The van der Waals surface area contributed by atoms with Crippen LogP contribution in [0.5, 0.6) is 0 Å². The Morgan fingerprint density at radius 2 is 2.25 bits per heavy atom. The highest BCUT2D eigenvalue weighted by Gasteiger charge is 2.12. The van der Waals surface area contributed by atoms with Crippen molar-refractivity contribution in [2.45, 2.75) is 31.2 Å². The molecule has 0 aliphatic carbocycles. The standard InChI is InChI=1S/C14H18FN3S2/c1-9-10(2)20-14(17-9)7-12(18-16)8-19-13-5-3-4-11(15)6-13/h3-6,12,18H,7-8,16H2,1-2H3. The molecule has 0 saturated heterocycles. The second-order valence-corrected chi connectivity index (χ2v) is 6.97. The summed E-state index contributed by atoms with van der Waals surface area (Å²) in [5.41, 5.74) is 3.90. The molecule has 1 heterocycles. The first-order chi connectivity index (χ1) is 9.58. The van der Waals surface area contributed by atoms with E-state index in [4.69, 9.17) is 5.84 Å². The number of hydrogen-bond donors (Lipinski definition) is 2. The predicted octanol–water partition coefficient (Wildman–Crippen LogP) is 3.07. The number of nitrogens with two attached hydrogens (primary N) is 1. The fourth-order valence-corrected chi connectivity index (χ4v) is 3.75. The van der Waals surface area contributed by atoms with Crippen LogP contribution in [0.1, 0.15) is 15.6 Å². The van der Waals surface area contributed by atoms with Gasteiger partial charge in [0.05, 0.1) is 10.7 Å². The SMILES string of the molecule is Cc1nc(CC(CSc2cccc(F)c2)NN)sc1C. The van der Waals surface area contributed by atoms with Crippen molar-refractivity contribution in [3.05, 3.63) is 45.7 Å². The number of nitrogens with one attached hydrogen (secondary N) is 1. The summed E-state index contributed by atoms with van der Waals surface area (Å²) < 4.78 is 13.1. The summed E-state index contributed by atoms with van der Waals surface area (Å²) >= 11 is 3.30. The van der Waals surface area contributed by atoms with E-state index in [1.165, 1.54) is 17.0 Å². The Morgan fingerprint density at radius 3 is 2.85 bits per heavy atom. The van der Waals surface area contributed by atoms with Gasteiger partial charge >= 0.3 is 0 Å². The minimum absolute atomic E-state index is 0.119. The lowest BCUT2D eigenvalue weighted by Crippen LogP contribution is -2.38. The maximum absolute atomic E-state index is 13.1. The Bertz CT molecular complexity index is 552. The number of halogens is 1. The minimum Gasteiger partial charge on any atom is -0.271 e. The van der Waals surface area contributed by atoms with Crippen LogP contribution >= 0.6 is 23.1 Å². The van der Waals surface area contributed by atoms with E-state index in [1.807, 2.05) is 13.0 Å². The van der Waals surface area contributed by atoms with Crippen LogP contribution in [0.3, 0.4) is 0 Å². The van der Waals surface area contributed by atoms with Gasteiger partial charge in [0.2, 0.25) is 0 Å². The third-order valence-corrected chi connectivity index (χ3v) is 5.23. The Balaban J connectivity index is 1.92. The van der Waals surface area contributed by atoms with Crippen LogP contribution in [-0.4, -0.2) is 16.8 Å². The third-order valence-electron chi connectivity index (χ3n) is 2.98. The fourth-order valence-electron chi connectivity index (χ4n) is 1.76. The van der Waals surface area contributed by atoms with Gasteiger partial charge in [-0.25, -0.2) is 9.37 Å². The fraction of sp³-hybridized carbons (Fsp3) is 0.357. The number of nitrogens with zero attached hydrogens (tertiary/aromatic N) is 1. The van der Waals surface area contributed by atoms with Crippen molar-refractivity contribution in [3.63, 3.8) is 0 Å². The van der Waals surface area contributed by atoms with Crippen LogP contribution in [0, 0.1) is 19.7 Å². The van der Waals surface area contributed by atoms with E-state index in [9.17, 15) is 4.39 Å². The molecule has 0 amide bonds. The first kappa shape index (κ1) is 15.4. The zero-order valence-corrected chi connectivity index (χ0v) is 13.2. The molecular weight excluding hydrogens is 293 g/mol. The van der Waals surface area contributed by atoms with Crippen LogP contribution < -0.4 is 11.3 Å². The number of aryl methyl sites for hydroxylation is 2. The van der Waals surface area contributed by atoms with Gasteiger partial charge in [-0.05, 0) is 32.0 Å². The van der Waals surface area contributed by atoms with Crippen molar-refractivity contribution in [1.82, 2.24) is 10.4 Å². The average Bonchev–Trinajstić information content (AvgIpc) is 2.73. The van der Waals surface area contributed by atoms with E-state index in [0.29, 0.717) is 0 Å². The van der Waals surface area contributed by atoms with Gasteiger partial charge in [-0.3, -0.25) is 11.3 Å². The average molecular weight is 311 g/mol. The number of hydrogen-bond acceptors (Lipinski definition) is 5. The summed E-state index contributed by atoms with van der Waals surface area (Å²) in [6.07, 6.45) is 0.790. The monoisotopic (exact) mass is 311 g/mol. The van der Waals surface area contributed by atoms with Crippen LogP contribution in [0.15, 0.2) is 29.2 Å². The molecule has 0 aliphatic heterocycles. The van der Waals surface area contributed by atoms with Crippen molar-refractivity contribution in [2.75, 3.05) is 5.75 Å². The van der Waals surface area contributed by atoms with Gasteiger partial charge in [0, 0.05) is 28.0 Å². The van der Waals surface area contributed by atoms with Crippen molar-refractivity contribution in [2.24, 2.45) is 5.84 Å². The molecule has 0 bridgehead atoms. The molecule has 1 atom stereocenters. The maximum atomic E-state index is 13.1. The second-order valence-electron chi connectivity index (χ2n) is 4.59. The van der Waals surface area contributed by atoms with Gasteiger partial charge in [0.1, 0.15) is 5.82 Å². The van der Waals surface area contributed by atoms with E-state index in [-0.39, 0.29) is 11.9 Å². The minimum atomic E-state index is -0.210. The summed E-state index contributed by atoms with van der Waals surface area (Å²) in [6.45, 7) is 4.09. The Labute approximate surface area is 126 Å². The molecule has 0 fully saturated rings. The molecule has 3 N–H and O–H groups in total. The summed E-state index contributed by atoms with van der Waals surface area (Å²) in [4.78, 5) is 6.68. The zero-order chi connectivity index (χ0) is 14.5. The van der Waals surface area contributed by atoms with Gasteiger partial charge in [0.25, 0.3) is 0 Å². The lowest BCUT2D eigenvalue weighted by molar-refractivity contribution is 0.573. The highest BCUT2D eigenvalue weighted by molar-refractivity contribution is 7.99. The topological polar surface area (TPSA) is 50.9 Å². The van der Waals surface area contributed by atoms with E-state index in [1.54, 1.807) is 29.2 Å². The van der Waals surface area contributed by atoms with Crippen molar-refractivity contribution >= 4 is 23.1 Å². The van der Waals surface area contributed by atoms with Crippen LogP contribution in [-0.2, 0) is 6.42 Å². The molecule has 2 rings (SSSR count). The lowest BCUT2D eigenvalue weighted by atomic mass is 10.2. The number of benzene rings is 1. The molecular formula is C14H18FN3S2. The highest BCUT2D eigenvalue weighted by atomic mass is 32.2. The molecule has 108 valence electrons. The van der Waals surface area contributed by atoms with Crippen LogP contribution in [0.2, 0.25) is 0 Å². The first-order valence-corrected chi connectivity index (χ1v) is 8.16. The molecule has 0 saturated carbocycles. The van der Waals surface area contributed by atoms with Gasteiger partial charge in [-0.1, -0.05) is 6.07 Å². The van der Waals surface area contributed by atoms with Crippen molar-refractivity contribution in [3.8, 4) is 0 Å². The molecule has 1 aromatic carbocycles. The molecule has 0 aliphatic rings. The van der Waals surface area contributed by atoms with Gasteiger partial charge in [0.15, 0.2) is 0 Å². The van der Waals surface area contributed by atoms with Crippen LogP contribution in [0.25, 0.3) is 0 Å². The quantitative estimate of drug-likeness (QED) is 0.489. The van der Waals surface area contributed by atoms with Gasteiger partial charge in [-0.15, -0.1) is 23.1 Å². The summed E-state index contributed by atoms with van der Waals surface area (Å²) in [5, 5.41) is 1.09. The third kappa shape index (κ3) is 4.28.